The summed E-state index contributed by atoms with van der Waals surface area (Å²) in [5, 5.41) is 0. The molecule has 0 saturated heterocycles. The molecule has 0 aliphatic rings. The van der Waals surface area contributed by atoms with E-state index in [1.54, 1.807) is 18.2 Å². The van der Waals surface area contributed by atoms with Crippen LogP contribution in [0.25, 0.3) is 11.1 Å². The predicted octanol–water partition coefficient (Wildman–Crippen LogP) is 5.32. The van der Waals surface area contributed by atoms with Crippen molar-refractivity contribution in [3.8, 4) is 11.1 Å². The van der Waals surface area contributed by atoms with Crippen LogP contribution in [0.2, 0.25) is 0 Å². The zero-order valence-electron chi connectivity index (χ0n) is 10.7. The summed E-state index contributed by atoms with van der Waals surface area (Å²) < 4.78 is 38.8. The molecule has 0 unspecified atom stereocenters. The van der Waals surface area contributed by atoms with Crippen LogP contribution in [0.1, 0.15) is 24.5 Å². The second-order valence-corrected chi connectivity index (χ2v) is 4.49. The first-order chi connectivity index (χ1) is 9.02. The third-order valence-electron chi connectivity index (χ3n) is 3.04. The lowest BCUT2D eigenvalue weighted by atomic mass is 9.97. The van der Waals surface area contributed by atoms with E-state index in [9.17, 15) is 13.2 Å². The Morgan fingerprint density at radius 2 is 1.53 bits per heavy atom. The fraction of sp³-hybridized carbons (Fsp3) is 0.250. The first-order valence-electron chi connectivity index (χ1n) is 6.28. The molecular weight excluding hydrogens is 249 g/mol. The number of benzene rings is 2. The Bertz CT molecular complexity index is 539. The number of rotatable bonds is 3. The van der Waals surface area contributed by atoms with E-state index in [2.05, 4.69) is 6.92 Å². The normalized spacial score (nSPS) is 11.6. The minimum Gasteiger partial charge on any atom is -0.166 e. The highest BCUT2D eigenvalue weighted by Crippen LogP contribution is 2.36. The topological polar surface area (TPSA) is 0 Å². The Morgan fingerprint density at radius 3 is 2.11 bits per heavy atom. The monoisotopic (exact) mass is 264 g/mol. The molecule has 0 N–H and O–H groups in total. The van der Waals surface area contributed by atoms with Gasteiger partial charge in [-0.25, -0.2) is 0 Å². The lowest BCUT2D eigenvalue weighted by Crippen LogP contribution is -2.06. The predicted molar refractivity (Wildman–Crippen MR) is 70.9 cm³/mol. The maximum Gasteiger partial charge on any atom is 0.417 e. The van der Waals surface area contributed by atoms with Gasteiger partial charge in [-0.15, -0.1) is 0 Å². The van der Waals surface area contributed by atoms with Gasteiger partial charge in [-0.2, -0.15) is 13.2 Å². The van der Waals surface area contributed by atoms with E-state index in [1.807, 2.05) is 12.1 Å². The van der Waals surface area contributed by atoms with Crippen LogP contribution < -0.4 is 0 Å². The average molecular weight is 264 g/mol. The van der Waals surface area contributed by atoms with Gasteiger partial charge in [0.1, 0.15) is 0 Å². The highest BCUT2D eigenvalue weighted by molar-refractivity contribution is 5.68. The first kappa shape index (κ1) is 13.7. The van der Waals surface area contributed by atoms with Gasteiger partial charge in [0.15, 0.2) is 0 Å². The molecule has 2 aromatic carbocycles. The molecule has 0 amide bonds. The molecule has 2 aromatic rings. The molecule has 0 saturated carbocycles. The van der Waals surface area contributed by atoms with Gasteiger partial charge >= 0.3 is 6.18 Å². The second-order valence-electron chi connectivity index (χ2n) is 4.49. The molecule has 19 heavy (non-hydrogen) atoms. The van der Waals surface area contributed by atoms with E-state index >= 15 is 0 Å². The molecule has 0 heterocycles. The smallest absolute Gasteiger partial charge is 0.166 e. The summed E-state index contributed by atoms with van der Waals surface area (Å²) in [6.45, 7) is 2.08. The lowest BCUT2D eigenvalue weighted by molar-refractivity contribution is -0.137. The Labute approximate surface area is 110 Å². The quantitative estimate of drug-likeness (QED) is 0.703. The molecular formula is C16H15F3. The first-order valence-corrected chi connectivity index (χ1v) is 6.28. The zero-order chi connectivity index (χ0) is 13.9. The van der Waals surface area contributed by atoms with Crippen LogP contribution in [0.4, 0.5) is 13.2 Å². The van der Waals surface area contributed by atoms with Crippen LogP contribution in [-0.2, 0) is 12.6 Å². The van der Waals surface area contributed by atoms with Gasteiger partial charge < -0.3 is 0 Å². The molecule has 0 spiro atoms. The number of alkyl halides is 3. The van der Waals surface area contributed by atoms with Crippen molar-refractivity contribution in [2.45, 2.75) is 25.9 Å². The molecule has 0 fully saturated rings. The summed E-state index contributed by atoms with van der Waals surface area (Å²) in [7, 11) is 0. The number of halogens is 3. The SMILES string of the molecule is CCCc1ccc(-c2ccccc2C(F)(F)F)cc1. The van der Waals surface area contributed by atoms with Crippen molar-refractivity contribution in [1.29, 1.82) is 0 Å². The van der Waals surface area contributed by atoms with E-state index in [-0.39, 0.29) is 5.56 Å². The minimum atomic E-state index is -4.32. The van der Waals surface area contributed by atoms with Crippen molar-refractivity contribution in [1.82, 2.24) is 0 Å². The Kier molecular flexibility index (Phi) is 3.93. The van der Waals surface area contributed by atoms with Crippen molar-refractivity contribution in [2.75, 3.05) is 0 Å². The van der Waals surface area contributed by atoms with Gasteiger partial charge in [-0.1, -0.05) is 55.8 Å². The summed E-state index contributed by atoms with van der Waals surface area (Å²) in [4.78, 5) is 0. The van der Waals surface area contributed by atoms with Crippen LogP contribution >= 0.6 is 0 Å². The Balaban J connectivity index is 2.42. The van der Waals surface area contributed by atoms with Crippen molar-refractivity contribution in [3.05, 3.63) is 59.7 Å². The van der Waals surface area contributed by atoms with E-state index in [0.717, 1.165) is 24.5 Å². The molecule has 0 aliphatic heterocycles. The minimum absolute atomic E-state index is 0.234. The van der Waals surface area contributed by atoms with Crippen LogP contribution in [0.3, 0.4) is 0 Å². The van der Waals surface area contributed by atoms with Crippen LogP contribution in [0.15, 0.2) is 48.5 Å². The maximum atomic E-state index is 12.9. The van der Waals surface area contributed by atoms with Crippen LogP contribution in [0.5, 0.6) is 0 Å². The van der Waals surface area contributed by atoms with Crippen molar-refractivity contribution >= 4 is 0 Å². The van der Waals surface area contributed by atoms with Gasteiger partial charge in [0.25, 0.3) is 0 Å². The van der Waals surface area contributed by atoms with Gasteiger partial charge in [0.2, 0.25) is 0 Å². The molecule has 100 valence electrons. The third-order valence-corrected chi connectivity index (χ3v) is 3.04. The molecule has 0 bridgehead atoms. The fourth-order valence-corrected chi connectivity index (χ4v) is 2.12. The van der Waals surface area contributed by atoms with E-state index in [4.69, 9.17) is 0 Å². The standard InChI is InChI=1S/C16H15F3/c1-2-5-12-8-10-13(11-9-12)14-6-3-4-7-15(14)16(17,18)19/h3-4,6-11H,2,5H2,1H3. The molecule has 3 heteroatoms. The Morgan fingerprint density at radius 1 is 0.895 bits per heavy atom. The number of hydrogen-bond acceptors (Lipinski definition) is 0. The molecule has 0 nitrogen and oxygen atoms in total. The maximum absolute atomic E-state index is 12.9. The fourth-order valence-electron chi connectivity index (χ4n) is 2.12. The molecule has 2 rings (SSSR count). The highest BCUT2D eigenvalue weighted by atomic mass is 19.4. The van der Waals surface area contributed by atoms with E-state index in [0.29, 0.717) is 5.56 Å². The third kappa shape index (κ3) is 3.16. The van der Waals surface area contributed by atoms with E-state index in [1.165, 1.54) is 12.1 Å². The van der Waals surface area contributed by atoms with Gasteiger partial charge in [0, 0.05) is 0 Å². The highest BCUT2D eigenvalue weighted by Gasteiger charge is 2.33. The van der Waals surface area contributed by atoms with Crippen molar-refractivity contribution in [3.63, 3.8) is 0 Å². The number of hydrogen-bond donors (Lipinski definition) is 0. The van der Waals surface area contributed by atoms with Crippen LogP contribution in [-0.4, -0.2) is 0 Å². The summed E-state index contributed by atoms with van der Waals surface area (Å²) in [5.74, 6) is 0. The molecule has 0 atom stereocenters. The molecule has 0 aliphatic carbocycles. The summed E-state index contributed by atoms with van der Waals surface area (Å²) in [5.41, 5.74) is 1.40. The lowest BCUT2D eigenvalue weighted by Gasteiger charge is -2.13. The van der Waals surface area contributed by atoms with Gasteiger partial charge in [0.05, 0.1) is 5.56 Å². The summed E-state index contributed by atoms with van der Waals surface area (Å²) >= 11 is 0. The summed E-state index contributed by atoms with van der Waals surface area (Å²) in [6.07, 6.45) is -2.35. The van der Waals surface area contributed by atoms with E-state index < -0.39 is 11.7 Å². The second kappa shape index (κ2) is 5.47. The van der Waals surface area contributed by atoms with Crippen molar-refractivity contribution in [2.24, 2.45) is 0 Å². The molecule has 0 radical (unpaired) electrons. The Hall–Kier alpha value is -1.77. The average Bonchev–Trinajstić information content (AvgIpc) is 2.39. The summed E-state index contributed by atoms with van der Waals surface area (Å²) in [6, 6.07) is 13.0. The largest absolute Gasteiger partial charge is 0.417 e. The molecule has 0 aromatic heterocycles. The van der Waals surface area contributed by atoms with Crippen LogP contribution in [0, 0.1) is 0 Å². The van der Waals surface area contributed by atoms with Gasteiger partial charge in [-0.05, 0) is 29.2 Å². The van der Waals surface area contributed by atoms with Crippen molar-refractivity contribution < 1.29 is 13.2 Å². The van der Waals surface area contributed by atoms with Gasteiger partial charge in [-0.3, -0.25) is 0 Å². The number of aryl methyl sites for hydroxylation is 1. The zero-order valence-corrected chi connectivity index (χ0v) is 10.7.